The van der Waals surface area contributed by atoms with Crippen molar-refractivity contribution in [2.45, 2.75) is 95.6 Å². The number of carbonyl (C=O) groups is 2. The van der Waals surface area contributed by atoms with E-state index in [2.05, 4.69) is 10.6 Å². The molecule has 4 nitrogen and oxygen atoms in total. The molecule has 4 bridgehead atoms. The summed E-state index contributed by atoms with van der Waals surface area (Å²) in [6.45, 7) is 1.62. The van der Waals surface area contributed by atoms with Crippen LogP contribution < -0.4 is 10.6 Å². The molecule has 2 atom stereocenters. The summed E-state index contributed by atoms with van der Waals surface area (Å²) in [4.78, 5) is 25.0. The van der Waals surface area contributed by atoms with E-state index in [1.54, 1.807) is 6.92 Å². The van der Waals surface area contributed by atoms with Gasteiger partial charge in [0, 0.05) is 18.5 Å². The van der Waals surface area contributed by atoms with Crippen LogP contribution in [-0.2, 0) is 9.59 Å². The minimum absolute atomic E-state index is 0.0660. The zero-order chi connectivity index (χ0) is 16.8. The van der Waals surface area contributed by atoms with Gasteiger partial charge in [0.15, 0.2) is 0 Å². The Hall–Kier alpha value is -1.06. The average Bonchev–Trinajstić information content (AvgIpc) is 2.73. The molecule has 4 heteroatoms. The van der Waals surface area contributed by atoms with E-state index < -0.39 is 0 Å². The Labute approximate surface area is 145 Å². The fourth-order valence-electron chi connectivity index (χ4n) is 6.81. The van der Waals surface area contributed by atoms with E-state index >= 15 is 0 Å². The van der Waals surface area contributed by atoms with Gasteiger partial charge >= 0.3 is 0 Å². The standard InChI is InChI=1S/C20H32N2O2/c1-14(23)22-20-11-15-8-16(12-20)10-19(9-15,13-20)18(24)21-17-6-4-2-3-5-7-17/h15-17H,2-13H2,1H3,(H,21,24)(H,22,23). The molecule has 5 aliphatic rings. The third kappa shape index (κ3) is 2.97. The van der Waals surface area contributed by atoms with Crippen LogP contribution in [0.15, 0.2) is 0 Å². The molecule has 0 aromatic carbocycles. The highest BCUT2D eigenvalue weighted by molar-refractivity contribution is 5.84. The third-order valence-electron chi connectivity index (χ3n) is 7.17. The Balaban J connectivity index is 1.51. The summed E-state index contributed by atoms with van der Waals surface area (Å²) < 4.78 is 0. The van der Waals surface area contributed by atoms with Crippen molar-refractivity contribution in [3.63, 3.8) is 0 Å². The summed E-state index contributed by atoms with van der Waals surface area (Å²) in [5, 5.41) is 6.70. The van der Waals surface area contributed by atoms with Crippen molar-refractivity contribution >= 4 is 11.8 Å². The molecule has 0 radical (unpaired) electrons. The van der Waals surface area contributed by atoms with Gasteiger partial charge in [-0.05, 0) is 63.2 Å². The molecule has 0 aliphatic heterocycles. The average molecular weight is 332 g/mol. The fraction of sp³-hybridized carbons (Fsp3) is 0.900. The highest BCUT2D eigenvalue weighted by atomic mass is 16.2. The van der Waals surface area contributed by atoms with Gasteiger partial charge in [-0.25, -0.2) is 0 Å². The van der Waals surface area contributed by atoms with Crippen LogP contribution in [0.25, 0.3) is 0 Å². The van der Waals surface area contributed by atoms with E-state index in [4.69, 9.17) is 0 Å². The molecule has 2 amide bonds. The van der Waals surface area contributed by atoms with Gasteiger partial charge in [-0.1, -0.05) is 25.7 Å². The van der Waals surface area contributed by atoms with Crippen molar-refractivity contribution in [3.05, 3.63) is 0 Å². The molecular weight excluding hydrogens is 300 g/mol. The van der Waals surface area contributed by atoms with E-state index in [0.717, 1.165) is 44.9 Å². The number of amides is 2. The van der Waals surface area contributed by atoms with Crippen LogP contribution in [-0.4, -0.2) is 23.4 Å². The smallest absolute Gasteiger partial charge is 0.226 e. The number of carbonyl (C=O) groups excluding carboxylic acids is 2. The van der Waals surface area contributed by atoms with Gasteiger partial charge in [-0.3, -0.25) is 9.59 Å². The zero-order valence-corrected chi connectivity index (χ0v) is 15.0. The summed E-state index contributed by atoms with van der Waals surface area (Å²) in [5.74, 6) is 1.62. The van der Waals surface area contributed by atoms with Gasteiger partial charge in [0.05, 0.1) is 5.41 Å². The number of hydrogen-bond acceptors (Lipinski definition) is 2. The maximum atomic E-state index is 13.3. The Morgan fingerprint density at radius 1 is 0.917 bits per heavy atom. The first-order chi connectivity index (χ1) is 11.5. The Morgan fingerprint density at radius 3 is 2.12 bits per heavy atom. The largest absolute Gasteiger partial charge is 0.353 e. The predicted octanol–water partition coefficient (Wildman–Crippen LogP) is 3.30. The Kier molecular flexibility index (Phi) is 4.12. The van der Waals surface area contributed by atoms with Crippen LogP contribution in [0.4, 0.5) is 0 Å². The Bertz CT molecular complexity index is 508. The molecule has 5 saturated carbocycles. The summed E-state index contributed by atoms with van der Waals surface area (Å²) in [6.07, 6.45) is 13.8. The summed E-state index contributed by atoms with van der Waals surface area (Å²) in [7, 11) is 0. The second-order valence-electron chi connectivity index (χ2n) is 9.36. The van der Waals surface area contributed by atoms with Crippen LogP contribution in [0, 0.1) is 17.3 Å². The molecule has 0 spiro atoms. The summed E-state index contributed by atoms with van der Waals surface area (Å²) in [5.41, 5.74) is -0.310. The maximum absolute atomic E-state index is 13.3. The summed E-state index contributed by atoms with van der Waals surface area (Å²) >= 11 is 0. The second-order valence-corrected chi connectivity index (χ2v) is 9.36. The molecule has 5 rings (SSSR count). The molecule has 2 unspecified atom stereocenters. The summed E-state index contributed by atoms with van der Waals surface area (Å²) in [6, 6.07) is 0.379. The molecular formula is C20H32N2O2. The highest BCUT2D eigenvalue weighted by Gasteiger charge is 2.60. The molecule has 0 saturated heterocycles. The molecule has 0 aromatic rings. The van der Waals surface area contributed by atoms with Crippen LogP contribution >= 0.6 is 0 Å². The van der Waals surface area contributed by atoms with Gasteiger partial charge in [0.2, 0.25) is 11.8 Å². The first kappa shape index (κ1) is 16.4. The Morgan fingerprint density at radius 2 is 1.54 bits per heavy atom. The minimum Gasteiger partial charge on any atom is -0.353 e. The molecule has 2 N–H and O–H groups in total. The third-order valence-corrected chi connectivity index (χ3v) is 7.17. The number of nitrogens with one attached hydrogen (secondary N) is 2. The lowest BCUT2D eigenvalue weighted by Gasteiger charge is -2.61. The van der Waals surface area contributed by atoms with E-state index in [0.29, 0.717) is 23.8 Å². The van der Waals surface area contributed by atoms with Crippen LogP contribution in [0.3, 0.4) is 0 Å². The second kappa shape index (κ2) is 6.03. The quantitative estimate of drug-likeness (QED) is 0.779. The van der Waals surface area contributed by atoms with E-state index in [-0.39, 0.29) is 16.9 Å². The lowest BCUT2D eigenvalue weighted by atomic mass is 9.46. The molecule has 0 aromatic heterocycles. The minimum atomic E-state index is -0.209. The monoisotopic (exact) mass is 332 g/mol. The number of rotatable bonds is 3. The van der Waals surface area contributed by atoms with Crippen molar-refractivity contribution in [2.75, 3.05) is 0 Å². The van der Waals surface area contributed by atoms with Gasteiger partial charge in [-0.15, -0.1) is 0 Å². The fourth-order valence-corrected chi connectivity index (χ4v) is 6.81. The van der Waals surface area contributed by atoms with Crippen molar-refractivity contribution < 1.29 is 9.59 Å². The lowest BCUT2D eigenvalue weighted by Crippen LogP contribution is -2.66. The topological polar surface area (TPSA) is 58.2 Å². The van der Waals surface area contributed by atoms with E-state index in [9.17, 15) is 9.59 Å². The first-order valence-corrected chi connectivity index (χ1v) is 10.1. The zero-order valence-electron chi connectivity index (χ0n) is 15.0. The van der Waals surface area contributed by atoms with Crippen molar-refractivity contribution in [1.29, 1.82) is 0 Å². The van der Waals surface area contributed by atoms with Crippen molar-refractivity contribution in [3.8, 4) is 0 Å². The van der Waals surface area contributed by atoms with Crippen LogP contribution in [0.2, 0.25) is 0 Å². The number of hydrogen-bond donors (Lipinski definition) is 2. The van der Waals surface area contributed by atoms with Crippen LogP contribution in [0.5, 0.6) is 0 Å². The van der Waals surface area contributed by atoms with Crippen LogP contribution in [0.1, 0.15) is 84.0 Å². The normalized spacial score (nSPS) is 41.7. The van der Waals surface area contributed by atoms with Gasteiger partial charge < -0.3 is 10.6 Å². The molecule has 24 heavy (non-hydrogen) atoms. The molecule has 0 heterocycles. The molecule has 134 valence electrons. The molecule has 5 fully saturated rings. The lowest BCUT2D eigenvalue weighted by molar-refractivity contribution is -0.153. The van der Waals surface area contributed by atoms with Gasteiger partial charge in [0.1, 0.15) is 0 Å². The van der Waals surface area contributed by atoms with E-state index in [1.807, 2.05) is 0 Å². The highest BCUT2D eigenvalue weighted by Crippen LogP contribution is 2.61. The first-order valence-electron chi connectivity index (χ1n) is 10.1. The predicted molar refractivity (Wildman–Crippen MR) is 93.3 cm³/mol. The SMILES string of the molecule is CC(=O)NC12CC3CC(C1)CC(C(=O)NC1CCCCCC1)(C3)C2. The molecule has 5 aliphatic carbocycles. The van der Waals surface area contributed by atoms with Crippen molar-refractivity contribution in [1.82, 2.24) is 10.6 Å². The van der Waals surface area contributed by atoms with Crippen molar-refractivity contribution in [2.24, 2.45) is 17.3 Å². The van der Waals surface area contributed by atoms with Gasteiger partial charge in [-0.2, -0.15) is 0 Å². The van der Waals surface area contributed by atoms with Gasteiger partial charge in [0.25, 0.3) is 0 Å². The maximum Gasteiger partial charge on any atom is 0.226 e. The van der Waals surface area contributed by atoms with E-state index in [1.165, 1.54) is 32.1 Å².